The first-order valence-electron chi connectivity index (χ1n) is 9.71. The number of para-hydroxylation sites is 1. The normalized spacial score (nSPS) is 16.1. The van der Waals surface area contributed by atoms with Gasteiger partial charge in [0.15, 0.2) is 0 Å². The van der Waals surface area contributed by atoms with Crippen molar-refractivity contribution in [3.05, 3.63) is 42.1 Å². The summed E-state index contributed by atoms with van der Waals surface area (Å²) in [6.07, 6.45) is 1.41. The maximum atomic E-state index is 12.7. The molecule has 7 heteroatoms. The Kier molecular flexibility index (Phi) is 5.84. The molecule has 0 bridgehead atoms. The lowest BCUT2D eigenvalue weighted by atomic mass is 9.92. The highest BCUT2D eigenvalue weighted by Gasteiger charge is 2.25. The Morgan fingerprint density at radius 2 is 1.82 bits per heavy atom. The van der Waals surface area contributed by atoms with Crippen LogP contribution in [0.3, 0.4) is 0 Å². The van der Waals surface area contributed by atoms with Gasteiger partial charge in [-0.25, -0.2) is 4.68 Å². The van der Waals surface area contributed by atoms with E-state index in [1.54, 1.807) is 4.68 Å². The van der Waals surface area contributed by atoms with Gasteiger partial charge in [-0.2, -0.15) is 5.10 Å². The van der Waals surface area contributed by atoms with Crippen molar-refractivity contribution in [2.45, 2.75) is 39.0 Å². The summed E-state index contributed by atoms with van der Waals surface area (Å²) in [5.74, 6) is 0.252. The smallest absolute Gasteiger partial charge is 0.239 e. The summed E-state index contributed by atoms with van der Waals surface area (Å²) in [7, 11) is 0. The van der Waals surface area contributed by atoms with E-state index in [0.717, 1.165) is 11.4 Å². The fraction of sp³-hybridized carbons (Fsp3) is 0.476. The number of likely N-dealkylation sites (tertiary alicyclic amines) is 1. The molecule has 0 aliphatic carbocycles. The number of nitrogens with two attached hydrogens (primary N) is 1. The molecule has 0 radical (unpaired) electrons. The van der Waals surface area contributed by atoms with Crippen molar-refractivity contribution in [3.8, 4) is 5.69 Å². The molecule has 1 aliphatic rings. The number of nitrogens with one attached hydrogen (secondary N) is 1. The number of hydrogen-bond acceptors (Lipinski definition) is 4. The molecule has 1 aliphatic heterocycles. The Labute approximate surface area is 165 Å². The molecule has 0 atom stereocenters. The van der Waals surface area contributed by atoms with Crippen molar-refractivity contribution < 1.29 is 9.59 Å². The van der Waals surface area contributed by atoms with E-state index in [2.05, 4.69) is 31.0 Å². The van der Waals surface area contributed by atoms with Crippen LogP contribution >= 0.6 is 0 Å². The van der Waals surface area contributed by atoms with Gasteiger partial charge in [0.25, 0.3) is 0 Å². The lowest BCUT2D eigenvalue weighted by Crippen LogP contribution is -2.42. The molecule has 3 rings (SSSR count). The number of rotatable bonds is 5. The first kappa shape index (κ1) is 20.1. The molecular weight excluding hydrogens is 354 g/mol. The topological polar surface area (TPSA) is 93.3 Å². The van der Waals surface area contributed by atoms with E-state index < -0.39 is 0 Å². The number of carbonyl (C=O) groups is 2. The number of anilines is 1. The van der Waals surface area contributed by atoms with Crippen LogP contribution in [-0.2, 0) is 15.0 Å². The van der Waals surface area contributed by atoms with Gasteiger partial charge in [-0.3, -0.25) is 14.5 Å². The summed E-state index contributed by atoms with van der Waals surface area (Å²) in [6, 6.07) is 11.7. The van der Waals surface area contributed by atoms with E-state index in [1.165, 1.54) is 0 Å². The van der Waals surface area contributed by atoms with Gasteiger partial charge in [-0.15, -0.1) is 0 Å². The van der Waals surface area contributed by atoms with Gasteiger partial charge in [-0.1, -0.05) is 39.0 Å². The van der Waals surface area contributed by atoms with E-state index in [4.69, 9.17) is 10.8 Å². The van der Waals surface area contributed by atoms with E-state index in [-0.39, 0.29) is 29.7 Å². The van der Waals surface area contributed by atoms with Gasteiger partial charge in [0.1, 0.15) is 5.82 Å². The molecule has 0 saturated carbocycles. The zero-order chi connectivity index (χ0) is 20.3. The summed E-state index contributed by atoms with van der Waals surface area (Å²) >= 11 is 0. The van der Waals surface area contributed by atoms with Gasteiger partial charge in [0.05, 0.1) is 17.9 Å². The number of carbonyl (C=O) groups excluding carboxylic acids is 2. The number of nitrogens with zero attached hydrogens (tertiary/aromatic N) is 3. The second-order valence-corrected chi connectivity index (χ2v) is 8.41. The van der Waals surface area contributed by atoms with Crippen LogP contribution in [0.4, 0.5) is 5.82 Å². The van der Waals surface area contributed by atoms with Crippen LogP contribution in [0.2, 0.25) is 0 Å². The summed E-state index contributed by atoms with van der Waals surface area (Å²) in [5.41, 5.74) is 7.06. The third kappa shape index (κ3) is 4.78. The maximum absolute atomic E-state index is 12.7. The molecule has 28 heavy (non-hydrogen) atoms. The first-order valence-corrected chi connectivity index (χ1v) is 9.71. The van der Waals surface area contributed by atoms with E-state index in [1.807, 2.05) is 36.4 Å². The average molecular weight is 383 g/mol. The summed E-state index contributed by atoms with van der Waals surface area (Å²) in [6.45, 7) is 7.98. The predicted octanol–water partition coefficient (Wildman–Crippen LogP) is 2.31. The van der Waals surface area contributed by atoms with Crippen LogP contribution in [0, 0.1) is 5.92 Å². The van der Waals surface area contributed by atoms with Crippen LogP contribution in [0.15, 0.2) is 36.4 Å². The molecule has 0 unspecified atom stereocenters. The van der Waals surface area contributed by atoms with E-state index in [0.29, 0.717) is 31.7 Å². The Balaban J connectivity index is 1.72. The van der Waals surface area contributed by atoms with Crippen molar-refractivity contribution in [3.63, 3.8) is 0 Å². The number of benzene rings is 1. The van der Waals surface area contributed by atoms with Crippen molar-refractivity contribution >= 4 is 17.6 Å². The molecule has 0 spiro atoms. The summed E-state index contributed by atoms with van der Waals surface area (Å²) in [4.78, 5) is 26.0. The van der Waals surface area contributed by atoms with Gasteiger partial charge in [-0.05, 0) is 38.1 Å². The minimum absolute atomic E-state index is 0.0758. The zero-order valence-corrected chi connectivity index (χ0v) is 16.8. The monoisotopic (exact) mass is 383 g/mol. The van der Waals surface area contributed by atoms with Crippen LogP contribution in [-0.4, -0.2) is 46.1 Å². The number of hydrogen-bond donors (Lipinski definition) is 2. The van der Waals surface area contributed by atoms with Crippen molar-refractivity contribution in [2.75, 3.05) is 25.0 Å². The molecule has 1 saturated heterocycles. The molecule has 3 N–H and O–H groups in total. The SMILES string of the molecule is CC(C)(C)c1cc(NC(=O)CN2CCC(C(N)=O)CC2)n(-c2ccccc2)n1. The third-order valence-corrected chi connectivity index (χ3v) is 5.10. The molecular formula is C21H29N5O2. The molecule has 2 heterocycles. The average Bonchev–Trinajstić information content (AvgIpc) is 3.07. The minimum Gasteiger partial charge on any atom is -0.369 e. The van der Waals surface area contributed by atoms with Gasteiger partial charge in [0.2, 0.25) is 11.8 Å². The number of piperidine rings is 1. The highest BCUT2D eigenvalue weighted by atomic mass is 16.2. The second-order valence-electron chi connectivity index (χ2n) is 8.41. The fourth-order valence-electron chi connectivity index (χ4n) is 3.36. The fourth-order valence-corrected chi connectivity index (χ4v) is 3.36. The quantitative estimate of drug-likeness (QED) is 0.828. The predicted molar refractivity (Wildman–Crippen MR) is 109 cm³/mol. The molecule has 7 nitrogen and oxygen atoms in total. The third-order valence-electron chi connectivity index (χ3n) is 5.10. The van der Waals surface area contributed by atoms with Crippen LogP contribution in [0.1, 0.15) is 39.3 Å². The lowest BCUT2D eigenvalue weighted by molar-refractivity contribution is -0.123. The molecule has 2 aromatic rings. The number of aromatic nitrogens is 2. The molecule has 1 aromatic carbocycles. The molecule has 150 valence electrons. The number of amides is 2. The highest BCUT2D eigenvalue weighted by molar-refractivity contribution is 5.91. The van der Waals surface area contributed by atoms with Gasteiger partial charge < -0.3 is 11.1 Å². The minimum atomic E-state index is -0.245. The summed E-state index contributed by atoms with van der Waals surface area (Å²) in [5, 5.41) is 7.73. The largest absolute Gasteiger partial charge is 0.369 e. The molecule has 1 fully saturated rings. The Bertz CT molecular complexity index is 830. The molecule has 1 aromatic heterocycles. The standard InChI is InChI=1S/C21H29N5O2/c1-21(2,3)17-13-18(26(24-17)16-7-5-4-6-8-16)23-19(27)14-25-11-9-15(10-12-25)20(22)28/h4-8,13,15H,9-12,14H2,1-3H3,(H2,22,28)(H,23,27). The van der Waals surface area contributed by atoms with Crippen LogP contribution < -0.4 is 11.1 Å². The van der Waals surface area contributed by atoms with Gasteiger partial charge in [0, 0.05) is 17.4 Å². The van der Waals surface area contributed by atoms with Crippen molar-refractivity contribution in [1.29, 1.82) is 0 Å². The summed E-state index contributed by atoms with van der Waals surface area (Å²) < 4.78 is 1.78. The second kappa shape index (κ2) is 8.14. The van der Waals surface area contributed by atoms with Crippen LogP contribution in [0.25, 0.3) is 5.69 Å². The lowest BCUT2D eigenvalue weighted by Gasteiger charge is -2.29. The van der Waals surface area contributed by atoms with Crippen LogP contribution in [0.5, 0.6) is 0 Å². The molecule has 2 amide bonds. The number of primary amides is 1. The Hall–Kier alpha value is -2.67. The zero-order valence-electron chi connectivity index (χ0n) is 16.8. The Morgan fingerprint density at radius 3 is 2.39 bits per heavy atom. The van der Waals surface area contributed by atoms with E-state index >= 15 is 0 Å². The van der Waals surface area contributed by atoms with Crippen molar-refractivity contribution in [1.82, 2.24) is 14.7 Å². The maximum Gasteiger partial charge on any atom is 0.239 e. The Morgan fingerprint density at radius 1 is 1.18 bits per heavy atom. The first-order chi connectivity index (χ1) is 13.2. The van der Waals surface area contributed by atoms with Crippen molar-refractivity contribution in [2.24, 2.45) is 11.7 Å². The van der Waals surface area contributed by atoms with Gasteiger partial charge >= 0.3 is 0 Å². The highest BCUT2D eigenvalue weighted by Crippen LogP contribution is 2.26. The van der Waals surface area contributed by atoms with E-state index in [9.17, 15) is 9.59 Å².